The van der Waals surface area contributed by atoms with Gasteiger partial charge in [0.25, 0.3) is 5.91 Å². The Balaban J connectivity index is 1.24. The summed E-state index contributed by atoms with van der Waals surface area (Å²) in [4.78, 5) is 26.9. The minimum Gasteiger partial charge on any atom is -0.454 e. The minimum atomic E-state index is -0.392. The van der Waals surface area contributed by atoms with Gasteiger partial charge in [0.2, 0.25) is 12.7 Å². The highest BCUT2D eigenvalue weighted by atomic mass is 35.5. The van der Waals surface area contributed by atoms with Gasteiger partial charge >= 0.3 is 0 Å². The molecule has 0 radical (unpaired) electrons. The predicted octanol–water partition coefficient (Wildman–Crippen LogP) is 2.95. The largest absolute Gasteiger partial charge is 0.454 e. The van der Waals surface area contributed by atoms with Crippen molar-refractivity contribution >= 4 is 29.1 Å². The van der Waals surface area contributed by atoms with Crippen molar-refractivity contribution in [2.75, 3.05) is 18.7 Å². The van der Waals surface area contributed by atoms with Crippen LogP contribution in [0.1, 0.15) is 23.6 Å². The number of nitrogens with zero attached hydrogens (tertiary/aromatic N) is 2. The molecular weight excluding hydrogens is 420 g/mol. The van der Waals surface area contributed by atoms with Gasteiger partial charge in [0.15, 0.2) is 11.5 Å². The molecule has 0 aromatic heterocycles. The number of fused-ring (bicyclic) bond motifs is 2. The molecule has 5 rings (SSSR count). The number of nitrogens with one attached hydrogen (secondary N) is 2. The number of rotatable bonds is 4. The zero-order valence-corrected chi connectivity index (χ0v) is 17.6. The average molecular weight is 441 g/mol. The Labute approximate surface area is 184 Å². The number of aryl methyl sites for hydroxylation is 1. The Kier molecular flexibility index (Phi) is 4.95. The van der Waals surface area contributed by atoms with E-state index in [-0.39, 0.29) is 31.2 Å². The van der Waals surface area contributed by atoms with Crippen LogP contribution in [-0.2, 0) is 9.59 Å². The normalized spacial score (nSPS) is 21.4. The molecule has 9 heteroatoms. The molecule has 0 bridgehead atoms. The number of hydrazine groups is 1. The molecule has 2 unspecified atom stereocenters. The lowest BCUT2D eigenvalue weighted by Gasteiger charge is -2.31. The fraction of sp³-hybridized carbons (Fsp3) is 0.273. The first-order chi connectivity index (χ1) is 15.0. The summed E-state index contributed by atoms with van der Waals surface area (Å²) in [7, 11) is 0. The van der Waals surface area contributed by atoms with Gasteiger partial charge in [0, 0.05) is 12.4 Å². The van der Waals surface area contributed by atoms with Gasteiger partial charge in [-0.15, -0.1) is 0 Å². The molecule has 160 valence electrons. The summed E-state index contributed by atoms with van der Waals surface area (Å²) >= 11 is 6.19. The van der Waals surface area contributed by atoms with Gasteiger partial charge in [-0.05, 0) is 48.7 Å². The van der Waals surface area contributed by atoms with Crippen LogP contribution in [0.25, 0.3) is 0 Å². The van der Waals surface area contributed by atoms with Crippen molar-refractivity contribution < 1.29 is 19.1 Å². The van der Waals surface area contributed by atoms with E-state index in [1.807, 2.05) is 31.2 Å². The molecule has 2 amide bonds. The van der Waals surface area contributed by atoms with Crippen LogP contribution < -0.4 is 20.2 Å². The van der Waals surface area contributed by atoms with Crippen LogP contribution in [0.2, 0.25) is 5.02 Å². The highest BCUT2D eigenvalue weighted by molar-refractivity contribution is 6.33. The molecule has 3 aliphatic rings. The fourth-order valence-corrected chi connectivity index (χ4v) is 4.26. The van der Waals surface area contributed by atoms with Gasteiger partial charge in [0.05, 0.1) is 16.8 Å². The number of carbonyl (C=O) groups excluding carboxylic acids is 2. The lowest BCUT2D eigenvalue weighted by atomic mass is 10.0. The maximum atomic E-state index is 13.0. The molecule has 2 aromatic carbocycles. The zero-order valence-electron chi connectivity index (χ0n) is 16.8. The summed E-state index contributed by atoms with van der Waals surface area (Å²) in [5.41, 5.74) is 5.88. The number of hydrogen-bond acceptors (Lipinski definition) is 6. The van der Waals surface area contributed by atoms with E-state index >= 15 is 0 Å². The van der Waals surface area contributed by atoms with Gasteiger partial charge < -0.3 is 24.7 Å². The second-order valence-corrected chi connectivity index (χ2v) is 8.16. The summed E-state index contributed by atoms with van der Waals surface area (Å²) in [6, 6.07) is 10.7. The van der Waals surface area contributed by atoms with E-state index in [4.69, 9.17) is 21.1 Å². The van der Waals surface area contributed by atoms with Gasteiger partial charge in [-0.25, -0.2) is 5.43 Å². The molecule has 1 saturated heterocycles. The van der Waals surface area contributed by atoms with Crippen LogP contribution >= 0.6 is 11.6 Å². The minimum absolute atomic E-state index is 0.0479. The SMILES string of the molecule is Cc1ccc(NC(=O)CN2C=CN3NC(c4ccc5c(c4)OCO5)CC3C2=O)c(Cl)c1. The monoisotopic (exact) mass is 440 g/mol. The number of anilines is 1. The molecule has 2 N–H and O–H groups in total. The Bertz CT molecular complexity index is 1090. The summed E-state index contributed by atoms with van der Waals surface area (Å²) < 4.78 is 10.8. The Morgan fingerprint density at radius 1 is 1.19 bits per heavy atom. The number of ether oxygens (including phenoxy) is 2. The average Bonchev–Trinajstić information content (AvgIpc) is 3.39. The molecule has 0 aliphatic carbocycles. The lowest BCUT2D eigenvalue weighted by molar-refractivity contribution is -0.137. The van der Waals surface area contributed by atoms with Crippen molar-refractivity contribution in [2.24, 2.45) is 0 Å². The Morgan fingerprint density at radius 2 is 2.03 bits per heavy atom. The van der Waals surface area contributed by atoms with Crippen molar-refractivity contribution in [1.29, 1.82) is 0 Å². The quantitative estimate of drug-likeness (QED) is 0.760. The Hall–Kier alpha value is -3.23. The highest BCUT2D eigenvalue weighted by Gasteiger charge is 2.40. The topological polar surface area (TPSA) is 83.1 Å². The second kappa shape index (κ2) is 7.79. The predicted molar refractivity (Wildman–Crippen MR) is 114 cm³/mol. The molecule has 2 aromatic rings. The molecule has 3 heterocycles. The number of benzene rings is 2. The molecule has 2 atom stereocenters. The van der Waals surface area contributed by atoms with Crippen LogP contribution in [0, 0.1) is 6.92 Å². The molecular formula is C22H21ClN4O4. The van der Waals surface area contributed by atoms with E-state index in [0.29, 0.717) is 22.9 Å². The van der Waals surface area contributed by atoms with Crippen molar-refractivity contribution in [1.82, 2.24) is 15.3 Å². The molecule has 0 spiro atoms. The van der Waals surface area contributed by atoms with Crippen LogP contribution in [0.4, 0.5) is 5.69 Å². The summed E-state index contributed by atoms with van der Waals surface area (Å²) in [6.45, 7) is 2.06. The molecule has 8 nitrogen and oxygen atoms in total. The summed E-state index contributed by atoms with van der Waals surface area (Å²) in [5.74, 6) is 0.985. The number of carbonyl (C=O) groups is 2. The van der Waals surface area contributed by atoms with Gasteiger partial charge in [-0.3, -0.25) is 9.59 Å². The first kappa shape index (κ1) is 19.7. The number of amides is 2. The van der Waals surface area contributed by atoms with Crippen molar-refractivity contribution in [3.8, 4) is 11.5 Å². The third-order valence-corrected chi connectivity index (χ3v) is 5.90. The van der Waals surface area contributed by atoms with Crippen molar-refractivity contribution in [2.45, 2.75) is 25.4 Å². The van der Waals surface area contributed by atoms with Crippen LogP contribution in [-0.4, -0.2) is 41.1 Å². The zero-order chi connectivity index (χ0) is 21.5. The van der Waals surface area contributed by atoms with E-state index in [1.54, 1.807) is 29.5 Å². The molecule has 3 aliphatic heterocycles. The standard InChI is InChI=1S/C22H21ClN4O4/c1-13-2-4-16(15(23)8-13)24-21(28)11-26-6-7-27-18(22(26)29)10-17(25-27)14-3-5-19-20(9-14)31-12-30-19/h2-9,17-18,25H,10-12H2,1H3,(H,24,28). The van der Waals surface area contributed by atoms with E-state index in [2.05, 4.69) is 10.7 Å². The smallest absolute Gasteiger partial charge is 0.251 e. The van der Waals surface area contributed by atoms with Gasteiger partial charge in [-0.1, -0.05) is 23.7 Å². The number of halogens is 1. The van der Waals surface area contributed by atoms with Crippen molar-refractivity contribution in [3.05, 3.63) is 64.9 Å². The summed E-state index contributed by atoms with van der Waals surface area (Å²) in [6.07, 6.45) is 3.97. The van der Waals surface area contributed by atoms with Crippen LogP contribution in [0.15, 0.2) is 48.8 Å². The molecule has 1 fully saturated rings. The van der Waals surface area contributed by atoms with E-state index in [1.165, 1.54) is 4.90 Å². The third-order valence-electron chi connectivity index (χ3n) is 5.59. The maximum Gasteiger partial charge on any atom is 0.251 e. The van der Waals surface area contributed by atoms with Crippen LogP contribution in [0.3, 0.4) is 0 Å². The molecule has 0 saturated carbocycles. The number of hydrogen-bond donors (Lipinski definition) is 2. The van der Waals surface area contributed by atoms with Gasteiger partial charge in [-0.2, -0.15) is 0 Å². The summed E-state index contributed by atoms with van der Waals surface area (Å²) in [5, 5.41) is 5.03. The third kappa shape index (κ3) is 3.80. The van der Waals surface area contributed by atoms with Crippen LogP contribution in [0.5, 0.6) is 11.5 Å². The van der Waals surface area contributed by atoms with Gasteiger partial charge in [0.1, 0.15) is 12.6 Å². The fourth-order valence-electron chi connectivity index (χ4n) is 3.98. The first-order valence-electron chi connectivity index (χ1n) is 9.97. The highest BCUT2D eigenvalue weighted by Crippen LogP contribution is 2.37. The maximum absolute atomic E-state index is 13.0. The second-order valence-electron chi connectivity index (χ2n) is 7.75. The molecule has 31 heavy (non-hydrogen) atoms. The van der Waals surface area contributed by atoms with E-state index in [9.17, 15) is 9.59 Å². The van der Waals surface area contributed by atoms with E-state index in [0.717, 1.165) is 16.9 Å². The first-order valence-corrected chi connectivity index (χ1v) is 10.3. The Morgan fingerprint density at radius 3 is 2.87 bits per heavy atom. The lowest BCUT2D eigenvalue weighted by Crippen LogP contribution is -2.49. The van der Waals surface area contributed by atoms with Crippen molar-refractivity contribution in [3.63, 3.8) is 0 Å². The van der Waals surface area contributed by atoms with E-state index < -0.39 is 6.04 Å².